The van der Waals surface area contributed by atoms with Crippen molar-refractivity contribution in [2.45, 2.75) is 0 Å². The minimum atomic E-state index is 0.975. The van der Waals surface area contributed by atoms with Crippen molar-refractivity contribution in [2.75, 3.05) is 0 Å². The van der Waals surface area contributed by atoms with Gasteiger partial charge in [0.15, 0.2) is 0 Å². The summed E-state index contributed by atoms with van der Waals surface area (Å²) in [5, 5.41) is 9.92. The highest BCUT2D eigenvalue weighted by Gasteiger charge is 2.15. The lowest BCUT2D eigenvalue weighted by Crippen LogP contribution is -1.89. The third-order valence-corrected chi connectivity index (χ3v) is 7.06. The van der Waals surface area contributed by atoms with Gasteiger partial charge in [-0.05, 0) is 39.7 Å². The maximum absolute atomic E-state index is 4.78. The summed E-state index contributed by atoms with van der Waals surface area (Å²) < 4.78 is 2.64. The smallest absolute Gasteiger partial charge is 0.0977 e. The van der Waals surface area contributed by atoms with Gasteiger partial charge in [-0.25, -0.2) is 0 Å². The zero-order chi connectivity index (χ0) is 18.9. The third kappa shape index (κ3) is 2.00. The van der Waals surface area contributed by atoms with Gasteiger partial charge in [0, 0.05) is 43.3 Å². The standard InChI is InChI=1S/C26H14N2S/c1-2-6-16-15(5-1)9-10-18-19-14-23-20(17-7-3-4-8-22(17)29-23)13-21(19)25-26(24(16)18)28-12-11-27-25/h1-14H. The Balaban J connectivity index is 1.82. The SMILES string of the molecule is c1ccc2c(c1)ccc1c3cc4sc5ccccc5c4cc3c3nccnc3c21. The number of aromatic nitrogens is 2. The molecule has 7 rings (SSSR count). The first-order valence-corrected chi connectivity index (χ1v) is 10.5. The highest BCUT2D eigenvalue weighted by molar-refractivity contribution is 7.25. The number of hydrogen-bond acceptors (Lipinski definition) is 3. The monoisotopic (exact) mass is 386 g/mol. The van der Waals surface area contributed by atoms with Crippen molar-refractivity contribution < 1.29 is 0 Å². The molecule has 0 unspecified atom stereocenters. The van der Waals surface area contributed by atoms with Crippen molar-refractivity contribution in [1.82, 2.24) is 9.97 Å². The third-order valence-electron chi connectivity index (χ3n) is 5.93. The number of thiophene rings is 1. The van der Waals surface area contributed by atoms with Crippen LogP contribution in [0.3, 0.4) is 0 Å². The first-order valence-electron chi connectivity index (χ1n) is 9.68. The van der Waals surface area contributed by atoms with E-state index in [2.05, 4.69) is 72.8 Å². The second-order valence-corrected chi connectivity index (χ2v) is 8.54. The van der Waals surface area contributed by atoms with Gasteiger partial charge in [0.1, 0.15) is 0 Å². The van der Waals surface area contributed by atoms with Crippen LogP contribution in [0.1, 0.15) is 0 Å². The number of benzene rings is 5. The Labute approximate surface area is 170 Å². The van der Waals surface area contributed by atoms with E-state index in [1.807, 2.05) is 11.3 Å². The van der Waals surface area contributed by atoms with Gasteiger partial charge in [-0.3, -0.25) is 9.97 Å². The van der Waals surface area contributed by atoms with Crippen molar-refractivity contribution in [2.24, 2.45) is 0 Å². The molecule has 5 aromatic carbocycles. The van der Waals surface area contributed by atoms with E-state index < -0.39 is 0 Å². The topological polar surface area (TPSA) is 25.8 Å². The quantitative estimate of drug-likeness (QED) is 0.253. The summed E-state index contributed by atoms with van der Waals surface area (Å²) in [7, 11) is 0. The Morgan fingerprint density at radius 2 is 1.31 bits per heavy atom. The second-order valence-electron chi connectivity index (χ2n) is 7.45. The van der Waals surface area contributed by atoms with Crippen LogP contribution in [0.15, 0.2) is 85.2 Å². The number of fused-ring (bicyclic) bond motifs is 11. The van der Waals surface area contributed by atoms with Gasteiger partial charge >= 0.3 is 0 Å². The summed E-state index contributed by atoms with van der Waals surface area (Å²) in [6, 6.07) is 26.3. The maximum Gasteiger partial charge on any atom is 0.0977 e. The molecule has 2 aromatic heterocycles. The molecule has 0 saturated heterocycles. The molecule has 0 saturated carbocycles. The maximum atomic E-state index is 4.78. The lowest BCUT2D eigenvalue weighted by atomic mass is 9.94. The molecule has 0 spiro atoms. The molecule has 0 fully saturated rings. The van der Waals surface area contributed by atoms with Crippen LogP contribution in [0.4, 0.5) is 0 Å². The van der Waals surface area contributed by atoms with E-state index in [-0.39, 0.29) is 0 Å². The zero-order valence-corrected chi connectivity index (χ0v) is 16.2. The summed E-state index contributed by atoms with van der Waals surface area (Å²) >= 11 is 1.86. The van der Waals surface area contributed by atoms with Gasteiger partial charge in [0.25, 0.3) is 0 Å². The minimum absolute atomic E-state index is 0.975. The van der Waals surface area contributed by atoms with E-state index in [9.17, 15) is 0 Å². The molecular weight excluding hydrogens is 372 g/mol. The van der Waals surface area contributed by atoms with Crippen molar-refractivity contribution in [3.05, 3.63) is 85.2 Å². The van der Waals surface area contributed by atoms with Gasteiger partial charge < -0.3 is 0 Å². The molecule has 0 radical (unpaired) electrons. The Bertz CT molecular complexity index is 1760. The molecule has 7 aromatic rings. The van der Waals surface area contributed by atoms with Gasteiger partial charge in [0.05, 0.1) is 11.0 Å². The van der Waals surface area contributed by atoms with Gasteiger partial charge in [-0.2, -0.15) is 0 Å². The Hall–Kier alpha value is -3.56. The molecular formula is C26H14N2S. The van der Waals surface area contributed by atoms with Crippen molar-refractivity contribution in [3.63, 3.8) is 0 Å². The lowest BCUT2D eigenvalue weighted by Gasteiger charge is -2.11. The molecule has 0 amide bonds. The fraction of sp³-hybridized carbons (Fsp3) is 0. The van der Waals surface area contributed by atoms with Crippen LogP contribution in [-0.2, 0) is 0 Å². The molecule has 2 heterocycles. The summed E-state index contributed by atoms with van der Waals surface area (Å²) in [6.07, 6.45) is 3.60. The van der Waals surface area contributed by atoms with Crippen molar-refractivity contribution >= 4 is 74.9 Å². The van der Waals surface area contributed by atoms with Crippen LogP contribution in [0.25, 0.3) is 63.5 Å². The fourth-order valence-corrected chi connectivity index (χ4v) is 5.79. The van der Waals surface area contributed by atoms with Gasteiger partial charge in [-0.1, -0.05) is 54.6 Å². The van der Waals surface area contributed by atoms with Gasteiger partial charge in [-0.15, -0.1) is 11.3 Å². The second kappa shape index (κ2) is 5.49. The summed E-state index contributed by atoms with van der Waals surface area (Å²) in [5.41, 5.74) is 1.95. The molecule has 3 heteroatoms. The van der Waals surface area contributed by atoms with Crippen molar-refractivity contribution in [3.8, 4) is 0 Å². The molecule has 2 nitrogen and oxygen atoms in total. The first kappa shape index (κ1) is 15.4. The molecule has 29 heavy (non-hydrogen) atoms. The van der Waals surface area contributed by atoms with E-state index >= 15 is 0 Å². The van der Waals surface area contributed by atoms with E-state index in [1.165, 1.54) is 52.5 Å². The number of nitrogens with zero attached hydrogens (tertiary/aromatic N) is 2. The number of rotatable bonds is 0. The Kier molecular flexibility index (Phi) is 2.91. The molecule has 134 valence electrons. The molecule has 0 aliphatic rings. The molecule has 0 aliphatic heterocycles. The van der Waals surface area contributed by atoms with Crippen LogP contribution < -0.4 is 0 Å². The van der Waals surface area contributed by atoms with Crippen LogP contribution >= 0.6 is 11.3 Å². The predicted octanol–water partition coefficient (Wildman–Crippen LogP) is 7.46. The highest BCUT2D eigenvalue weighted by Crippen LogP contribution is 2.42. The van der Waals surface area contributed by atoms with Gasteiger partial charge in [0.2, 0.25) is 0 Å². The molecule has 0 atom stereocenters. The molecule has 0 N–H and O–H groups in total. The first-order chi connectivity index (χ1) is 14.4. The predicted molar refractivity (Wildman–Crippen MR) is 125 cm³/mol. The van der Waals surface area contributed by atoms with Crippen LogP contribution in [0, 0.1) is 0 Å². The minimum Gasteiger partial charge on any atom is -0.252 e. The van der Waals surface area contributed by atoms with Crippen LogP contribution in [-0.4, -0.2) is 9.97 Å². The number of hydrogen-bond donors (Lipinski definition) is 0. The molecule has 0 aliphatic carbocycles. The van der Waals surface area contributed by atoms with Crippen LogP contribution in [0.2, 0.25) is 0 Å². The summed E-state index contributed by atoms with van der Waals surface area (Å²) in [6.45, 7) is 0. The van der Waals surface area contributed by atoms with E-state index in [0.717, 1.165) is 11.0 Å². The Morgan fingerprint density at radius 3 is 2.24 bits per heavy atom. The zero-order valence-electron chi connectivity index (χ0n) is 15.4. The largest absolute Gasteiger partial charge is 0.252 e. The fourth-order valence-electron chi connectivity index (χ4n) is 4.66. The highest BCUT2D eigenvalue weighted by atomic mass is 32.1. The molecule has 0 bridgehead atoms. The average molecular weight is 386 g/mol. The lowest BCUT2D eigenvalue weighted by molar-refractivity contribution is 1.31. The summed E-state index contributed by atoms with van der Waals surface area (Å²) in [5.74, 6) is 0. The average Bonchev–Trinajstić information content (AvgIpc) is 3.15. The van der Waals surface area contributed by atoms with Crippen molar-refractivity contribution in [1.29, 1.82) is 0 Å². The van der Waals surface area contributed by atoms with Crippen LogP contribution in [0.5, 0.6) is 0 Å². The Morgan fingerprint density at radius 1 is 0.517 bits per heavy atom. The van der Waals surface area contributed by atoms with E-state index in [1.54, 1.807) is 12.4 Å². The van der Waals surface area contributed by atoms with E-state index in [0.29, 0.717) is 0 Å². The summed E-state index contributed by atoms with van der Waals surface area (Å²) in [4.78, 5) is 9.56. The van der Waals surface area contributed by atoms with E-state index in [4.69, 9.17) is 9.97 Å². The normalized spacial score (nSPS) is 12.1.